The van der Waals surface area contributed by atoms with Crippen molar-refractivity contribution in [3.8, 4) is 0 Å². The van der Waals surface area contributed by atoms with Crippen molar-refractivity contribution < 1.29 is 95.2 Å². The molecule has 0 unspecified atom stereocenters. The summed E-state index contributed by atoms with van der Waals surface area (Å²) < 4.78 is 177. The summed E-state index contributed by atoms with van der Waals surface area (Å²) in [4.78, 5) is 0. The summed E-state index contributed by atoms with van der Waals surface area (Å²) in [5.74, 6) is 0. The van der Waals surface area contributed by atoms with Crippen molar-refractivity contribution in [3.63, 3.8) is 0 Å². The average molecular weight is 729 g/mol. The molecule has 0 saturated heterocycles. The van der Waals surface area contributed by atoms with Crippen molar-refractivity contribution in [3.05, 3.63) is 0 Å². The van der Waals surface area contributed by atoms with E-state index in [2.05, 4.69) is 0 Å². The van der Waals surface area contributed by atoms with E-state index in [0.717, 1.165) is 58.5 Å². The van der Waals surface area contributed by atoms with E-state index in [1.807, 2.05) is 0 Å². The molecule has 0 heterocycles. The molecule has 0 atom stereocenters. The Balaban J connectivity index is -0.0000000659. The zero-order valence-corrected chi connectivity index (χ0v) is 23.5. The van der Waals surface area contributed by atoms with E-state index in [4.69, 9.17) is 73.3 Å². The van der Waals surface area contributed by atoms with Crippen LogP contribution in [0.1, 0.15) is 19.3 Å². The van der Waals surface area contributed by atoms with Crippen LogP contribution in [0.15, 0.2) is 0 Å². The molecular weight excluding hydrogens is 698 g/mol. The molecule has 0 spiro atoms. The molecule has 0 saturated carbocycles. The van der Waals surface area contributed by atoms with E-state index in [1.165, 1.54) is 0 Å². The van der Waals surface area contributed by atoms with Crippen LogP contribution in [0.4, 0.5) is 39.5 Å². The third kappa shape index (κ3) is 47.2. The number of hydrogen-bond acceptors (Lipinski definition) is 15. The van der Waals surface area contributed by atoms with Crippen LogP contribution >= 0.6 is 0 Å². The molecular formula is C12H30CoF9N6O9S3. The van der Waals surface area contributed by atoms with Gasteiger partial charge in [0.2, 0.25) is 0 Å². The summed E-state index contributed by atoms with van der Waals surface area (Å²) in [6, 6.07) is 0. The fourth-order valence-corrected chi connectivity index (χ4v) is 0.354. The van der Waals surface area contributed by atoms with Gasteiger partial charge in [-0.15, -0.1) is 0 Å². The predicted octanol–water partition coefficient (Wildman–Crippen LogP) is -1.97. The second kappa shape index (κ2) is 27.2. The Morgan fingerprint density at radius 3 is 0.475 bits per heavy atom. The molecule has 0 rings (SSSR count). The molecule has 0 aromatic rings. The second-order valence-corrected chi connectivity index (χ2v) is 9.61. The largest absolute Gasteiger partial charge is 3.00 e. The Bertz CT molecular complexity index is 754. The van der Waals surface area contributed by atoms with Gasteiger partial charge >= 0.3 is 33.3 Å². The molecule has 252 valence electrons. The first kappa shape index (κ1) is 55.3. The minimum Gasteiger partial charge on any atom is -0.741 e. The Morgan fingerprint density at radius 2 is 0.475 bits per heavy atom. The van der Waals surface area contributed by atoms with E-state index >= 15 is 0 Å². The molecule has 15 nitrogen and oxygen atoms in total. The third-order valence-corrected chi connectivity index (χ3v) is 3.78. The van der Waals surface area contributed by atoms with Crippen molar-refractivity contribution in [1.82, 2.24) is 0 Å². The van der Waals surface area contributed by atoms with Gasteiger partial charge in [0, 0.05) is 0 Å². The minimum atomic E-state index is -6.09. The number of rotatable bonds is 6. The van der Waals surface area contributed by atoms with Crippen LogP contribution in [0.25, 0.3) is 0 Å². The first-order valence-electron chi connectivity index (χ1n) is 9.26. The van der Waals surface area contributed by atoms with Gasteiger partial charge < -0.3 is 48.1 Å². The van der Waals surface area contributed by atoms with E-state index in [0.29, 0.717) is 0 Å². The first-order valence-corrected chi connectivity index (χ1v) is 13.5. The zero-order valence-electron chi connectivity index (χ0n) is 20.0. The van der Waals surface area contributed by atoms with Crippen molar-refractivity contribution >= 4 is 30.4 Å². The average Bonchev–Trinajstić information content (AvgIpc) is 2.68. The minimum absolute atomic E-state index is 0. The topological polar surface area (TPSA) is 328 Å². The molecule has 0 bridgehead atoms. The Labute approximate surface area is 235 Å². The Hall–Kier alpha value is -0.634. The van der Waals surface area contributed by atoms with Crippen LogP contribution in [-0.2, 0) is 47.1 Å². The predicted molar refractivity (Wildman–Crippen MR) is 115 cm³/mol. The zero-order chi connectivity index (χ0) is 33.4. The SMILES string of the molecule is NCCCN.NCCCN.NCCCN.O=S(=O)([O-])C(F)(F)F.O=S(=O)([O-])C(F)(F)F.O=S(=O)([O-])C(F)(F)F.[Co+3]. The van der Waals surface area contributed by atoms with Crippen molar-refractivity contribution in [2.45, 2.75) is 35.8 Å². The van der Waals surface area contributed by atoms with Crippen molar-refractivity contribution in [2.75, 3.05) is 39.3 Å². The molecule has 0 fully saturated rings. The molecule has 12 N–H and O–H groups in total. The number of halogens is 9. The van der Waals surface area contributed by atoms with E-state index in [9.17, 15) is 39.5 Å². The fourth-order valence-electron chi connectivity index (χ4n) is 0.354. The van der Waals surface area contributed by atoms with Gasteiger partial charge in [-0.2, -0.15) is 39.5 Å². The molecule has 0 aromatic heterocycles. The first-order chi connectivity index (χ1) is 17.0. The molecule has 0 aromatic carbocycles. The second-order valence-electron chi connectivity index (χ2n) is 5.49. The van der Waals surface area contributed by atoms with Crippen molar-refractivity contribution in [1.29, 1.82) is 0 Å². The summed E-state index contributed by atoms with van der Waals surface area (Å²) >= 11 is 0. The van der Waals surface area contributed by atoms with Crippen LogP contribution in [-0.4, -0.2) is 94.7 Å². The summed E-state index contributed by atoms with van der Waals surface area (Å²) in [7, 11) is -18.3. The molecule has 28 heteroatoms. The van der Waals surface area contributed by atoms with Gasteiger partial charge in [-0.25, -0.2) is 25.3 Å². The summed E-state index contributed by atoms with van der Waals surface area (Å²) in [6.07, 6.45) is 2.83. The van der Waals surface area contributed by atoms with Crippen LogP contribution in [0.5, 0.6) is 0 Å². The van der Waals surface area contributed by atoms with Crippen LogP contribution in [0.2, 0.25) is 0 Å². The maximum absolute atomic E-state index is 10.7. The van der Waals surface area contributed by atoms with Crippen molar-refractivity contribution in [2.24, 2.45) is 34.4 Å². The quantitative estimate of drug-likeness (QED) is 0.0982. The monoisotopic (exact) mass is 728 g/mol. The summed E-state index contributed by atoms with van der Waals surface area (Å²) in [6.45, 7) is 4.31. The normalized spacial score (nSPS) is 11.6. The molecule has 0 aliphatic rings. The maximum atomic E-state index is 10.7. The van der Waals surface area contributed by atoms with Crippen LogP contribution in [0.3, 0.4) is 0 Å². The summed E-state index contributed by atoms with van der Waals surface area (Å²) in [5, 5.41) is 0. The standard InChI is InChI=1S/3C3H10N2.3CHF3O3S.Co/c3*4-2-1-3-5;3*2-1(3,4)8(5,6)7;/h3*1-5H2;3*(H,5,6,7);/q;;;;;;+3/p-3. The fraction of sp³-hybridized carbons (Fsp3) is 1.00. The summed E-state index contributed by atoms with van der Waals surface area (Å²) in [5.41, 5.74) is 13.4. The number of hydrogen-bond donors (Lipinski definition) is 6. The van der Waals surface area contributed by atoms with E-state index < -0.39 is 46.9 Å². The van der Waals surface area contributed by atoms with Crippen LogP contribution < -0.4 is 34.4 Å². The van der Waals surface area contributed by atoms with Gasteiger partial charge in [0.15, 0.2) is 30.4 Å². The third-order valence-electron chi connectivity index (χ3n) is 2.08. The Morgan fingerprint density at radius 1 is 0.400 bits per heavy atom. The van der Waals surface area contributed by atoms with Gasteiger partial charge in [-0.1, -0.05) is 0 Å². The van der Waals surface area contributed by atoms with Gasteiger partial charge in [0.05, 0.1) is 0 Å². The smallest absolute Gasteiger partial charge is 0.741 e. The molecule has 0 aliphatic heterocycles. The van der Waals surface area contributed by atoms with Gasteiger partial charge in [-0.05, 0) is 58.5 Å². The number of nitrogens with two attached hydrogens (primary N) is 6. The molecule has 0 radical (unpaired) electrons. The van der Waals surface area contributed by atoms with Gasteiger partial charge in [0.25, 0.3) is 0 Å². The Kier molecular flexibility index (Phi) is 37.6. The van der Waals surface area contributed by atoms with E-state index in [1.54, 1.807) is 0 Å². The van der Waals surface area contributed by atoms with Gasteiger partial charge in [0.1, 0.15) is 0 Å². The molecule has 0 aliphatic carbocycles. The van der Waals surface area contributed by atoms with E-state index in [-0.39, 0.29) is 16.8 Å². The molecule has 0 amide bonds. The van der Waals surface area contributed by atoms with Crippen LogP contribution in [0, 0.1) is 0 Å². The number of alkyl halides is 9. The van der Waals surface area contributed by atoms with Gasteiger partial charge in [-0.3, -0.25) is 0 Å². The molecule has 40 heavy (non-hydrogen) atoms. The maximum Gasteiger partial charge on any atom is 3.00 e.